The molecule has 0 aliphatic heterocycles. The number of rotatable bonds is 2. The molecule has 4 N–H and O–H groups in total. The van der Waals surface area contributed by atoms with E-state index >= 15 is 0 Å². The van der Waals surface area contributed by atoms with Crippen molar-refractivity contribution in [3.05, 3.63) is 23.8 Å². The Morgan fingerprint density at radius 2 is 2.17 bits per heavy atom. The highest BCUT2D eigenvalue weighted by Crippen LogP contribution is 2.16. The summed E-state index contributed by atoms with van der Waals surface area (Å²) in [6.45, 7) is 3.61. The molecule has 1 atom stereocenters. The Labute approximate surface area is 72.2 Å². The molecule has 0 saturated carbocycles. The Hall–Kier alpha value is -1.22. The lowest BCUT2D eigenvalue weighted by Gasteiger charge is -2.10. The summed E-state index contributed by atoms with van der Waals surface area (Å²) in [4.78, 5) is 0. The monoisotopic (exact) mass is 166 g/mol. The number of anilines is 2. The van der Waals surface area contributed by atoms with Gasteiger partial charge in [-0.15, -0.1) is 0 Å². The van der Waals surface area contributed by atoms with Crippen molar-refractivity contribution < 1.29 is 5.11 Å². The van der Waals surface area contributed by atoms with Crippen LogP contribution in [0.15, 0.2) is 18.2 Å². The molecule has 0 fully saturated rings. The number of aliphatic hydroxyl groups excluding tert-OH is 1. The molecule has 12 heavy (non-hydrogen) atoms. The summed E-state index contributed by atoms with van der Waals surface area (Å²) >= 11 is 0. The van der Waals surface area contributed by atoms with Gasteiger partial charge in [0.05, 0.1) is 0 Å². The zero-order chi connectivity index (χ0) is 9.14. The van der Waals surface area contributed by atoms with Gasteiger partial charge in [-0.2, -0.15) is 0 Å². The molecule has 3 heteroatoms. The van der Waals surface area contributed by atoms with Crippen LogP contribution in [0.25, 0.3) is 0 Å². The second-order valence-electron chi connectivity index (χ2n) is 2.89. The fraction of sp³-hybridized carbons (Fsp3) is 0.333. The summed E-state index contributed by atoms with van der Waals surface area (Å²) in [6, 6.07) is 5.57. The Balaban J connectivity index is 2.82. The molecule has 0 saturated heterocycles. The minimum absolute atomic E-state index is 0.534. The number of nitrogens with one attached hydrogen (secondary N) is 1. The van der Waals surface area contributed by atoms with Crippen molar-refractivity contribution in [2.75, 3.05) is 11.1 Å². The lowest BCUT2D eigenvalue weighted by molar-refractivity contribution is 0.224. The predicted molar refractivity (Wildman–Crippen MR) is 50.9 cm³/mol. The van der Waals surface area contributed by atoms with Gasteiger partial charge in [0.25, 0.3) is 0 Å². The molecule has 1 rings (SSSR count). The Morgan fingerprint density at radius 1 is 1.50 bits per heavy atom. The van der Waals surface area contributed by atoms with Gasteiger partial charge in [-0.05, 0) is 37.6 Å². The third-order valence-corrected chi connectivity index (χ3v) is 1.65. The van der Waals surface area contributed by atoms with Crippen molar-refractivity contribution in [2.45, 2.75) is 20.1 Å². The predicted octanol–water partition coefficient (Wildman–Crippen LogP) is 1.33. The molecule has 0 heterocycles. The van der Waals surface area contributed by atoms with Crippen LogP contribution >= 0.6 is 0 Å². The highest BCUT2D eigenvalue weighted by molar-refractivity contribution is 5.56. The molecule has 66 valence electrons. The van der Waals surface area contributed by atoms with Gasteiger partial charge >= 0.3 is 0 Å². The van der Waals surface area contributed by atoms with Gasteiger partial charge in [-0.1, -0.05) is 0 Å². The summed E-state index contributed by atoms with van der Waals surface area (Å²) in [7, 11) is 0. The molecule has 1 aromatic carbocycles. The molecule has 0 radical (unpaired) electrons. The van der Waals surface area contributed by atoms with Crippen molar-refractivity contribution in [1.29, 1.82) is 0 Å². The van der Waals surface area contributed by atoms with Gasteiger partial charge in [0, 0.05) is 11.4 Å². The van der Waals surface area contributed by atoms with Gasteiger partial charge < -0.3 is 16.2 Å². The van der Waals surface area contributed by atoms with Crippen molar-refractivity contribution in [3.63, 3.8) is 0 Å². The topological polar surface area (TPSA) is 58.3 Å². The second kappa shape index (κ2) is 3.45. The van der Waals surface area contributed by atoms with E-state index in [2.05, 4.69) is 5.32 Å². The lowest BCUT2D eigenvalue weighted by Crippen LogP contribution is -2.13. The van der Waals surface area contributed by atoms with E-state index in [9.17, 15) is 0 Å². The number of aliphatic hydroxyl groups is 1. The number of benzene rings is 1. The first-order valence-corrected chi connectivity index (χ1v) is 3.90. The number of hydrogen-bond acceptors (Lipinski definition) is 3. The Bertz CT molecular complexity index is 271. The molecule has 0 bridgehead atoms. The Kier molecular flexibility index (Phi) is 2.55. The number of aryl methyl sites for hydroxylation is 1. The molecule has 0 aliphatic carbocycles. The fourth-order valence-electron chi connectivity index (χ4n) is 1.01. The third kappa shape index (κ3) is 2.13. The van der Waals surface area contributed by atoms with Crippen LogP contribution in [0.5, 0.6) is 0 Å². The summed E-state index contributed by atoms with van der Waals surface area (Å²) in [5, 5.41) is 11.9. The third-order valence-electron chi connectivity index (χ3n) is 1.65. The van der Waals surface area contributed by atoms with Crippen LogP contribution in [0.3, 0.4) is 0 Å². The van der Waals surface area contributed by atoms with Gasteiger partial charge in [-0.25, -0.2) is 0 Å². The van der Waals surface area contributed by atoms with E-state index < -0.39 is 6.23 Å². The quantitative estimate of drug-likeness (QED) is 0.459. The number of hydrogen-bond donors (Lipinski definition) is 3. The van der Waals surface area contributed by atoms with Gasteiger partial charge in [-0.3, -0.25) is 0 Å². The van der Waals surface area contributed by atoms with E-state index in [4.69, 9.17) is 10.8 Å². The van der Waals surface area contributed by atoms with Crippen molar-refractivity contribution in [1.82, 2.24) is 0 Å². The van der Waals surface area contributed by atoms with Crippen molar-refractivity contribution in [2.24, 2.45) is 0 Å². The molecule has 1 unspecified atom stereocenters. The van der Waals surface area contributed by atoms with E-state index in [0.717, 1.165) is 16.9 Å². The van der Waals surface area contributed by atoms with Crippen LogP contribution in [0.4, 0.5) is 11.4 Å². The van der Waals surface area contributed by atoms with E-state index in [1.54, 1.807) is 6.92 Å². The average molecular weight is 166 g/mol. The van der Waals surface area contributed by atoms with Gasteiger partial charge in [0.15, 0.2) is 0 Å². The Morgan fingerprint density at radius 3 is 2.67 bits per heavy atom. The minimum Gasteiger partial charge on any atom is -0.399 e. The number of nitrogens with two attached hydrogens (primary N) is 1. The first kappa shape index (κ1) is 8.87. The molecule has 3 nitrogen and oxygen atoms in total. The SMILES string of the molecule is Cc1cc(NC(C)O)ccc1N. The van der Waals surface area contributed by atoms with E-state index in [-0.39, 0.29) is 0 Å². The molecule has 0 amide bonds. The van der Waals surface area contributed by atoms with Crippen molar-refractivity contribution >= 4 is 11.4 Å². The maximum Gasteiger partial charge on any atom is 0.121 e. The van der Waals surface area contributed by atoms with Crippen LogP contribution in [0.2, 0.25) is 0 Å². The molecule has 0 aromatic heterocycles. The minimum atomic E-state index is -0.534. The molecular formula is C9H14N2O. The van der Waals surface area contributed by atoms with Crippen LogP contribution < -0.4 is 11.1 Å². The van der Waals surface area contributed by atoms with E-state index in [1.165, 1.54) is 0 Å². The van der Waals surface area contributed by atoms with Crippen LogP contribution in [-0.2, 0) is 0 Å². The average Bonchev–Trinajstić information content (AvgIpc) is 1.96. The summed E-state index contributed by atoms with van der Waals surface area (Å²) < 4.78 is 0. The largest absolute Gasteiger partial charge is 0.399 e. The first-order valence-electron chi connectivity index (χ1n) is 3.90. The molecule has 0 aliphatic rings. The smallest absolute Gasteiger partial charge is 0.121 e. The maximum atomic E-state index is 9.02. The molecule has 1 aromatic rings. The first-order chi connectivity index (χ1) is 5.59. The van der Waals surface area contributed by atoms with Crippen LogP contribution in [-0.4, -0.2) is 11.3 Å². The normalized spacial score (nSPS) is 12.6. The standard InChI is InChI=1S/C9H14N2O/c1-6-5-8(11-7(2)12)3-4-9(6)10/h3-5,7,11-12H,10H2,1-2H3. The van der Waals surface area contributed by atoms with Gasteiger partial charge in [0.1, 0.15) is 6.23 Å². The van der Waals surface area contributed by atoms with Crippen LogP contribution in [0.1, 0.15) is 12.5 Å². The van der Waals surface area contributed by atoms with E-state index in [1.807, 2.05) is 25.1 Å². The molecular weight excluding hydrogens is 152 g/mol. The zero-order valence-electron chi connectivity index (χ0n) is 7.33. The lowest BCUT2D eigenvalue weighted by atomic mass is 10.2. The van der Waals surface area contributed by atoms with Gasteiger partial charge in [0.2, 0.25) is 0 Å². The van der Waals surface area contributed by atoms with E-state index in [0.29, 0.717) is 0 Å². The van der Waals surface area contributed by atoms with Crippen LogP contribution in [0, 0.1) is 6.92 Å². The second-order valence-corrected chi connectivity index (χ2v) is 2.89. The maximum absolute atomic E-state index is 9.02. The summed E-state index contributed by atoms with van der Waals surface area (Å²) in [6.07, 6.45) is -0.534. The molecule has 0 spiro atoms. The highest BCUT2D eigenvalue weighted by Gasteiger charge is 1.97. The highest BCUT2D eigenvalue weighted by atomic mass is 16.3. The summed E-state index contributed by atoms with van der Waals surface area (Å²) in [5.41, 5.74) is 8.30. The summed E-state index contributed by atoms with van der Waals surface area (Å²) in [5.74, 6) is 0. The van der Waals surface area contributed by atoms with Crippen molar-refractivity contribution in [3.8, 4) is 0 Å². The zero-order valence-corrected chi connectivity index (χ0v) is 7.33. The fourth-order valence-corrected chi connectivity index (χ4v) is 1.01. The number of nitrogen functional groups attached to an aromatic ring is 1.